The number of benzene rings is 2. The third-order valence-corrected chi connectivity index (χ3v) is 3.34. The van der Waals surface area contributed by atoms with Crippen molar-refractivity contribution < 1.29 is 9.53 Å². The molecule has 21 heavy (non-hydrogen) atoms. The number of ether oxygens (including phenoxy) is 1. The van der Waals surface area contributed by atoms with Gasteiger partial charge >= 0.3 is 0 Å². The zero-order valence-corrected chi connectivity index (χ0v) is 11.2. The molecule has 1 unspecified atom stereocenters. The number of carbonyl (C=O) groups excluding carboxylic acids is 1. The summed E-state index contributed by atoms with van der Waals surface area (Å²) >= 11 is 0. The van der Waals surface area contributed by atoms with Crippen molar-refractivity contribution in [3.63, 3.8) is 0 Å². The van der Waals surface area contributed by atoms with Crippen LogP contribution in [-0.2, 0) is 11.2 Å². The van der Waals surface area contributed by atoms with Gasteiger partial charge in [0, 0.05) is 17.3 Å². The fourth-order valence-electron chi connectivity index (χ4n) is 2.23. The van der Waals surface area contributed by atoms with Crippen LogP contribution in [0, 0.1) is 11.3 Å². The van der Waals surface area contributed by atoms with Gasteiger partial charge in [-0.1, -0.05) is 18.2 Å². The Morgan fingerprint density at radius 3 is 2.62 bits per heavy atom. The first kappa shape index (κ1) is 13.2. The van der Waals surface area contributed by atoms with E-state index < -0.39 is 6.04 Å². The van der Waals surface area contributed by atoms with Gasteiger partial charge < -0.3 is 15.8 Å². The molecular formula is C16H13N3O2. The maximum absolute atomic E-state index is 11.5. The fourth-order valence-corrected chi connectivity index (χ4v) is 2.23. The van der Waals surface area contributed by atoms with Crippen molar-refractivity contribution in [2.24, 2.45) is 5.73 Å². The first-order valence-electron chi connectivity index (χ1n) is 6.51. The van der Waals surface area contributed by atoms with Crippen LogP contribution in [0.4, 0.5) is 5.69 Å². The second kappa shape index (κ2) is 5.27. The lowest BCUT2D eigenvalue weighted by Gasteiger charge is -2.08. The van der Waals surface area contributed by atoms with Crippen LogP contribution in [-0.4, -0.2) is 5.91 Å². The lowest BCUT2D eigenvalue weighted by atomic mass is 10.1. The Morgan fingerprint density at radius 1 is 1.19 bits per heavy atom. The normalized spacial score (nSPS) is 16.0. The highest BCUT2D eigenvalue weighted by molar-refractivity contribution is 6.02. The summed E-state index contributed by atoms with van der Waals surface area (Å²) in [7, 11) is 0. The Hall–Kier alpha value is -2.84. The molecule has 3 rings (SSSR count). The van der Waals surface area contributed by atoms with Gasteiger partial charge in [0.05, 0.1) is 12.5 Å². The standard InChI is InChI=1S/C16H13N3O2/c17-8-7-10-1-3-11(4-2-10)21-12-5-6-13-14(9-12)19-16(20)15(13)18/h1-6,9,15H,7,18H2,(H,19,20). The summed E-state index contributed by atoms with van der Waals surface area (Å²) in [5, 5.41) is 11.3. The number of rotatable bonds is 3. The summed E-state index contributed by atoms with van der Waals surface area (Å²) in [4.78, 5) is 11.5. The summed E-state index contributed by atoms with van der Waals surface area (Å²) in [6.07, 6.45) is 0.378. The quantitative estimate of drug-likeness (QED) is 0.903. The number of hydrogen-bond donors (Lipinski definition) is 2. The van der Waals surface area contributed by atoms with Crippen LogP contribution in [0.3, 0.4) is 0 Å². The smallest absolute Gasteiger partial charge is 0.245 e. The maximum Gasteiger partial charge on any atom is 0.245 e. The highest BCUT2D eigenvalue weighted by Crippen LogP contribution is 2.33. The van der Waals surface area contributed by atoms with Crippen molar-refractivity contribution in [3.8, 4) is 17.6 Å². The van der Waals surface area contributed by atoms with Gasteiger partial charge in [-0.15, -0.1) is 0 Å². The largest absolute Gasteiger partial charge is 0.457 e. The van der Waals surface area contributed by atoms with E-state index >= 15 is 0 Å². The molecule has 1 aliphatic rings. The van der Waals surface area contributed by atoms with Crippen LogP contribution in [0.25, 0.3) is 0 Å². The number of amides is 1. The minimum atomic E-state index is -0.612. The average molecular weight is 279 g/mol. The summed E-state index contributed by atoms with van der Waals surface area (Å²) in [6, 6.07) is 14.1. The first-order chi connectivity index (χ1) is 10.2. The molecule has 0 saturated heterocycles. The molecule has 2 aromatic rings. The van der Waals surface area contributed by atoms with Gasteiger partial charge in [0.1, 0.15) is 17.5 Å². The molecule has 1 amide bonds. The van der Waals surface area contributed by atoms with Crippen molar-refractivity contribution in [3.05, 3.63) is 53.6 Å². The molecule has 0 saturated carbocycles. The number of carbonyl (C=O) groups is 1. The second-order valence-corrected chi connectivity index (χ2v) is 4.80. The zero-order chi connectivity index (χ0) is 14.8. The highest BCUT2D eigenvalue weighted by Gasteiger charge is 2.27. The number of hydrogen-bond acceptors (Lipinski definition) is 4. The summed E-state index contributed by atoms with van der Waals surface area (Å²) in [5.41, 5.74) is 8.16. The molecule has 0 radical (unpaired) electrons. The van der Waals surface area contributed by atoms with Gasteiger partial charge in [-0.25, -0.2) is 0 Å². The van der Waals surface area contributed by atoms with Crippen LogP contribution in [0.5, 0.6) is 11.5 Å². The van der Waals surface area contributed by atoms with E-state index in [0.717, 1.165) is 11.1 Å². The Balaban J connectivity index is 1.79. The van der Waals surface area contributed by atoms with Crippen molar-refractivity contribution in [2.45, 2.75) is 12.5 Å². The third kappa shape index (κ3) is 2.57. The Morgan fingerprint density at radius 2 is 1.90 bits per heavy atom. The third-order valence-electron chi connectivity index (χ3n) is 3.34. The SMILES string of the molecule is N#CCc1ccc(Oc2ccc3c(c2)NC(=O)C3N)cc1. The molecule has 104 valence electrons. The molecule has 0 bridgehead atoms. The van der Waals surface area contributed by atoms with Crippen molar-refractivity contribution in [1.82, 2.24) is 0 Å². The molecule has 2 aromatic carbocycles. The number of nitrogens with two attached hydrogens (primary N) is 1. The predicted molar refractivity (Wildman–Crippen MR) is 77.8 cm³/mol. The molecule has 5 heteroatoms. The number of fused-ring (bicyclic) bond motifs is 1. The predicted octanol–water partition coefficient (Wildman–Crippen LogP) is 2.50. The van der Waals surface area contributed by atoms with Gasteiger partial charge in [0.2, 0.25) is 5.91 Å². The van der Waals surface area contributed by atoms with Crippen LogP contribution in [0.1, 0.15) is 17.2 Å². The molecule has 5 nitrogen and oxygen atoms in total. The first-order valence-corrected chi connectivity index (χ1v) is 6.51. The highest BCUT2D eigenvalue weighted by atomic mass is 16.5. The molecule has 3 N–H and O–H groups in total. The lowest BCUT2D eigenvalue weighted by Crippen LogP contribution is -2.19. The summed E-state index contributed by atoms with van der Waals surface area (Å²) < 4.78 is 5.73. The average Bonchev–Trinajstić information content (AvgIpc) is 2.76. The van der Waals surface area contributed by atoms with E-state index in [1.807, 2.05) is 24.3 Å². The zero-order valence-electron chi connectivity index (χ0n) is 11.2. The van der Waals surface area contributed by atoms with E-state index in [2.05, 4.69) is 11.4 Å². The monoisotopic (exact) mass is 279 g/mol. The maximum atomic E-state index is 11.5. The summed E-state index contributed by atoms with van der Waals surface area (Å²) in [5.74, 6) is 1.09. The van der Waals surface area contributed by atoms with Crippen LogP contribution >= 0.6 is 0 Å². The van der Waals surface area contributed by atoms with Crippen molar-refractivity contribution >= 4 is 11.6 Å². The molecule has 1 atom stereocenters. The Bertz CT molecular complexity index is 732. The van der Waals surface area contributed by atoms with E-state index in [0.29, 0.717) is 23.6 Å². The van der Waals surface area contributed by atoms with E-state index in [1.54, 1.807) is 18.2 Å². The molecule has 0 spiro atoms. The van der Waals surface area contributed by atoms with Gasteiger partial charge in [-0.2, -0.15) is 5.26 Å². The number of nitrogens with zero attached hydrogens (tertiary/aromatic N) is 1. The topological polar surface area (TPSA) is 88.1 Å². The second-order valence-electron chi connectivity index (χ2n) is 4.80. The molecule has 0 aromatic heterocycles. The molecular weight excluding hydrogens is 266 g/mol. The van der Waals surface area contributed by atoms with Gasteiger partial charge in [0.15, 0.2) is 0 Å². The van der Waals surface area contributed by atoms with E-state index in [4.69, 9.17) is 15.7 Å². The number of anilines is 1. The lowest BCUT2D eigenvalue weighted by molar-refractivity contribution is -0.116. The minimum absolute atomic E-state index is 0.206. The number of nitrogens with one attached hydrogen (secondary N) is 1. The fraction of sp³-hybridized carbons (Fsp3) is 0.125. The van der Waals surface area contributed by atoms with E-state index in [-0.39, 0.29) is 5.91 Å². The summed E-state index contributed by atoms with van der Waals surface area (Å²) in [6.45, 7) is 0. The minimum Gasteiger partial charge on any atom is -0.457 e. The van der Waals surface area contributed by atoms with Gasteiger partial charge in [-0.3, -0.25) is 4.79 Å². The van der Waals surface area contributed by atoms with E-state index in [1.165, 1.54) is 0 Å². The number of nitriles is 1. The van der Waals surface area contributed by atoms with Crippen LogP contribution in [0.2, 0.25) is 0 Å². The van der Waals surface area contributed by atoms with Crippen molar-refractivity contribution in [2.75, 3.05) is 5.32 Å². The van der Waals surface area contributed by atoms with Crippen LogP contribution in [0.15, 0.2) is 42.5 Å². The molecule has 1 aliphatic heterocycles. The molecule has 0 aliphatic carbocycles. The molecule has 1 heterocycles. The molecule has 0 fully saturated rings. The Kier molecular flexibility index (Phi) is 3.30. The van der Waals surface area contributed by atoms with Crippen LogP contribution < -0.4 is 15.8 Å². The Labute approximate surface area is 121 Å². The van der Waals surface area contributed by atoms with E-state index in [9.17, 15) is 4.79 Å². The van der Waals surface area contributed by atoms with Gasteiger partial charge in [-0.05, 0) is 23.8 Å². The van der Waals surface area contributed by atoms with Gasteiger partial charge in [0.25, 0.3) is 0 Å². The van der Waals surface area contributed by atoms with Crippen molar-refractivity contribution in [1.29, 1.82) is 5.26 Å².